The second-order valence-electron chi connectivity index (χ2n) is 4.04. The van der Waals surface area contributed by atoms with Crippen LogP contribution in [0.5, 0.6) is 0 Å². The van der Waals surface area contributed by atoms with Gasteiger partial charge in [0.05, 0.1) is 4.92 Å². The molecule has 0 atom stereocenters. The van der Waals surface area contributed by atoms with Gasteiger partial charge in [-0.2, -0.15) is 0 Å². The smallest absolute Gasteiger partial charge is 0.342 e. The minimum absolute atomic E-state index is 0.262. The number of hydrogen-bond donors (Lipinski definition) is 1. The van der Waals surface area contributed by atoms with Gasteiger partial charge in [0.1, 0.15) is 5.56 Å². The summed E-state index contributed by atoms with van der Waals surface area (Å²) in [7, 11) is 0. The van der Waals surface area contributed by atoms with Gasteiger partial charge >= 0.3 is 5.97 Å². The lowest BCUT2D eigenvalue weighted by Gasteiger charge is -2.30. The molecule has 0 saturated carbocycles. The van der Waals surface area contributed by atoms with Gasteiger partial charge in [0.15, 0.2) is 0 Å². The summed E-state index contributed by atoms with van der Waals surface area (Å²) < 4.78 is 0. The number of rotatable bonds is 4. The highest BCUT2D eigenvalue weighted by atomic mass is 16.6. The summed E-state index contributed by atoms with van der Waals surface area (Å²) >= 11 is 0. The van der Waals surface area contributed by atoms with E-state index in [-0.39, 0.29) is 11.3 Å². The van der Waals surface area contributed by atoms with Crippen molar-refractivity contribution in [2.75, 3.05) is 13.1 Å². The minimum Gasteiger partial charge on any atom is -0.477 e. The number of carbonyl (C=O) groups is 1. The third-order valence-electron chi connectivity index (χ3n) is 2.84. The van der Waals surface area contributed by atoms with Crippen LogP contribution in [-0.4, -0.2) is 34.0 Å². The summed E-state index contributed by atoms with van der Waals surface area (Å²) in [6.07, 6.45) is 1.15. The number of nitrogens with zero attached hydrogens (tertiary/aromatic N) is 2. The summed E-state index contributed by atoms with van der Waals surface area (Å²) in [5, 5.41) is 19.6. The van der Waals surface area contributed by atoms with Crippen molar-refractivity contribution in [3.05, 3.63) is 39.4 Å². The van der Waals surface area contributed by atoms with Crippen molar-refractivity contribution in [2.24, 2.45) is 0 Å². The summed E-state index contributed by atoms with van der Waals surface area (Å²) in [5.74, 6) is -1.27. The lowest BCUT2D eigenvalue weighted by molar-refractivity contribution is -0.385. The number of nitro groups is 1. The third-order valence-corrected chi connectivity index (χ3v) is 2.84. The molecule has 1 aromatic carbocycles. The zero-order valence-corrected chi connectivity index (χ0v) is 9.13. The standard InChI is InChI=1S/C11H12N2O4/c14-11(15)9-3-2-8(6-10(9)13(16)17)7-12-4-1-5-12/h2-3,6H,1,4-5,7H2,(H,14,15). The van der Waals surface area contributed by atoms with Crippen LogP contribution in [0.2, 0.25) is 0 Å². The van der Waals surface area contributed by atoms with E-state index in [1.807, 2.05) is 0 Å². The Balaban J connectivity index is 2.27. The van der Waals surface area contributed by atoms with Crippen LogP contribution < -0.4 is 0 Å². The summed E-state index contributed by atoms with van der Waals surface area (Å²) in [6.45, 7) is 2.63. The van der Waals surface area contributed by atoms with Crippen molar-refractivity contribution in [1.29, 1.82) is 0 Å². The first-order valence-electron chi connectivity index (χ1n) is 5.31. The van der Waals surface area contributed by atoms with Crippen LogP contribution in [0.3, 0.4) is 0 Å². The number of likely N-dealkylation sites (tertiary alicyclic amines) is 1. The molecule has 1 aliphatic heterocycles. The van der Waals surface area contributed by atoms with Crippen molar-refractivity contribution in [3.8, 4) is 0 Å². The number of carboxylic acid groups (broad SMARTS) is 1. The SMILES string of the molecule is O=C(O)c1ccc(CN2CCC2)cc1[N+](=O)[O-]. The van der Waals surface area contributed by atoms with Gasteiger partial charge in [0.25, 0.3) is 5.69 Å². The average Bonchev–Trinajstić information content (AvgIpc) is 2.23. The van der Waals surface area contributed by atoms with Crippen molar-refractivity contribution in [2.45, 2.75) is 13.0 Å². The second kappa shape index (κ2) is 4.50. The van der Waals surface area contributed by atoms with Crippen molar-refractivity contribution < 1.29 is 14.8 Å². The first kappa shape index (κ1) is 11.5. The highest BCUT2D eigenvalue weighted by molar-refractivity contribution is 5.92. The first-order chi connectivity index (χ1) is 8.08. The third kappa shape index (κ3) is 2.42. The fourth-order valence-corrected chi connectivity index (χ4v) is 1.81. The van der Waals surface area contributed by atoms with E-state index >= 15 is 0 Å². The zero-order valence-electron chi connectivity index (χ0n) is 9.13. The Labute approximate surface area is 97.6 Å². The molecular formula is C11H12N2O4. The lowest BCUT2D eigenvalue weighted by Crippen LogP contribution is -2.36. The van der Waals surface area contributed by atoms with Crippen molar-refractivity contribution >= 4 is 11.7 Å². The van der Waals surface area contributed by atoms with Crippen molar-refractivity contribution in [1.82, 2.24) is 4.90 Å². The molecule has 0 amide bonds. The molecule has 1 heterocycles. The topological polar surface area (TPSA) is 83.7 Å². The number of aromatic carboxylic acids is 1. The molecule has 1 aliphatic rings. The first-order valence-corrected chi connectivity index (χ1v) is 5.31. The van der Waals surface area contributed by atoms with Crippen LogP contribution in [0, 0.1) is 10.1 Å². The lowest BCUT2D eigenvalue weighted by atomic mass is 10.1. The Morgan fingerprint density at radius 2 is 2.18 bits per heavy atom. The van der Waals surface area contributed by atoms with Crippen LogP contribution >= 0.6 is 0 Å². The molecule has 1 aromatic rings. The van der Waals surface area contributed by atoms with Gasteiger partial charge < -0.3 is 5.11 Å². The Morgan fingerprint density at radius 1 is 1.47 bits per heavy atom. The number of carboxylic acids is 1. The fourth-order valence-electron chi connectivity index (χ4n) is 1.81. The average molecular weight is 236 g/mol. The van der Waals surface area contributed by atoms with E-state index in [9.17, 15) is 14.9 Å². The van der Waals surface area contributed by atoms with Gasteiger partial charge in [-0.1, -0.05) is 6.07 Å². The Kier molecular flexibility index (Phi) is 3.06. The fraction of sp³-hybridized carbons (Fsp3) is 0.364. The molecule has 17 heavy (non-hydrogen) atoms. The number of nitro benzene ring substituents is 1. The Morgan fingerprint density at radius 3 is 2.65 bits per heavy atom. The molecule has 0 unspecified atom stereocenters. The minimum atomic E-state index is -1.27. The van der Waals surface area contributed by atoms with E-state index in [2.05, 4.69) is 4.90 Å². The van der Waals surface area contributed by atoms with E-state index in [4.69, 9.17) is 5.11 Å². The van der Waals surface area contributed by atoms with Crippen molar-refractivity contribution in [3.63, 3.8) is 0 Å². The Hall–Kier alpha value is -1.95. The molecule has 1 N–H and O–H groups in total. The highest BCUT2D eigenvalue weighted by Crippen LogP contribution is 2.22. The summed E-state index contributed by atoms with van der Waals surface area (Å²) in [6, 6.07) is 4.28. The van der Waals surface area contributed by atoms with Crippen LogP contribution in [0.1, 0.15) is 22.3 Å². The van der Waals surface area contributed by atoms with E-state index in [1.54, 1.807) is 6.07 Å². The van der Waals surface area contributed by atoms with Gasteiger partial charge in [-0.3, -0.25) is 15.0 Å². The van der Waals surface area contributed by atoms with Crippen LogP contribution in [0.15, 0.2) is 18.2 Å². The highest BCUT2D eigenvalue weighted by Gasteiger charge is 2.21. The normalized spacial score (nSPS) is 15.3. The zero-order chi connectivity index (χ0) is 12.4. The summed E-state index contributed by atoms with van der Waals surface area (Å²) in [4.78, 5) is 23.1. The van der Waals surface area contributed by atoms with E-state index in [0.29, 0.717) is 6.54 Å². The van der Waals surface area contributed by atoms with Crippen LogP contribution in [0.25, 0.3) is 0 Å². The molecule has 0 bridgehead atoms. The maximum Gasteiger partial charge on any atom is 0.342 e. The molecule has 6 nitrogen and oxygen atoms in total. The largest absolute Gasteiger partial charge is 0.477 e. The quantitative estimate of drug-likeness (QED) is 0.632. The maximum atomic E-state index is 10.8. The van der Waals surface area contributed by atoms with E-state index in [0.717, 1.165) is 25.1 Å². The molecule has 90 valence electrons. The molecule has 2 rings (SSSR count). The summed E-state index contributed by atoms with van der Waals surface area (Å²) in [5.41, 5.74) is 0.180. The predicted octanol–water partition coefficient (Wildman–Crippen LogP) is 1.50. The molecule has 0 aromatic heterocycles. The van der Waals surface area contributed by atoms with Crippen LogP contribution in [0.4, 0.5) is 5.69 Å². The maximum absolute atomic E-state index is 10.8. The van der Waals surface area contributed by atoms with Gasteiger partial charge in [-0.25, -0.2) is 4.79 Å². The molecule has 1 fully saturated rings. The van der Waals surface area contributed by atoms with Crippen LogP contribution in [-0.2, 0) is 6.54 Å². The monoisotopic (exact) mass is 236 g/mol. The predicted molar refractivity (Wildman–Crippen MR) is 59.9 cm³/mol. The number of hydrogen-bond acceptors (Lipinski definition) is 4. The van der Waals surface area contributed by atoms with E-state index < -0.39 is 10.9 Å². The molecule has 0 spiro atoms. The van der Waals surface area contributed by atoms with Gasteiger partial charge in [-0.05, 0) is 31.1 Å². The molecule has 1 saturated heterocycles. The Bertz CT molecular complexity index is 469. The molecule has 0 aliphatic carbocycles. The van der Waals surface area contributed by atoms with Gasteiger partial charge in [-0.15, -0.1) is 0 Å². The number of benzene rings is 1. The van der Waals surface area contributed by atoms with E-state index in [1.165, 1.54) is 12.1 Å². The van der Waals surface area contributed by atoms with Gasteiger partial charge in [0, 0.05) is 12.6 Å². The second-order valence-corrected chi connectivity index (χ2v) is 4.04. The molecule has 0 radical (unpaired) electrons. The molecule has 6 heteroatoms. The molecular weight excluding hydrogens is 224 g/mol. The van der Waals surface area contributed by atoms with Gasteiger partial charge in [0.2, 0.25) is 0 Å².